The summed E-state index contributed by atoms with van der Waals surface area (Å²) in [7, 11) is 1.72. The minimum atomic E-state index is -1.08. The monoisotopic (exact) mass is 317 g/mol. The highest BCUT2D eigenvalue weighted by atomic mass is 16.4. The number of hydrogen-bond donors (Lipinski definition) is 2. The van der Waals surface area contributed by atoms with Crippen LogP contribution in [0, 0.1) is 12.3 Å². The molecule has 1 aromatic rings. The van der Waals surface area contributed by atoms with Crippen LogP contribution in [0.4, 0.5) is 0 Å². The molecule has 0 aromatic carbocycles. The Morgan fingerprint density at radius 2 is 2.22 bits per heavy atom. The standard InChI is InChI=1S/C15H19N5O3/c1-3-4-7-15(18-19-15)8-5-13(21)17-12(14(22)23)10-11-6-9-16-20(11)2/h1,6,9,12H,4-5,7-8,10H2,2H3,(H,17,21)(H,22,23). The van der Waals surface area contributed by atoms with E-state index >= 15 is 0 Å². The molecule has 1 aliphatic rings. The van der Waals surface area contributed by atoms with Gasteiger partial charge in [-0.05, 0) is 6.07 Å². The van der Waals surface area contributed by atoms with Crippen LogP contribution in [0.3, 0.4) is 0 Å². The molecule has 8 nitrogen and oxygen atoms in total. The van der Waals surface area contributed by atoms with E-state index in [-0.39, 0.29) is 18.7 Å². The Bertz CT molecular complexity index is 652. The van der Waals surface area contributed by atoms with Crippen LogP contribution in [0.1, 0.15) is 31.4 Å². The van der Waals surface area contributed by atoms with Gasteiger partial charge in [0, 0.05) is 51.0 Å². The van der Waals surface area contributed by atoms with Crippen LogP contribution < -0.4 is 5.32 Å². The van der Waals surface area contributed by atoms with Gasteiger partial charge in [-0.25, -0.2) is 4.79 Å². The van der Waals surface area contributed by atoms with E-state index in [0.29, 0.717) is 19.3 Å². The van der Waals surface area contributed by atoms with Crippen molar-refractivity contribution >= 4 is 11.9 Å². The highest BCUT2D eigenvalue weighted by Gasteiger charge is 2.39. The Morgan fingerprint density at radius 1 is 1.48 bits per heavy atom. The maximum atomic E-state index is 12.0. The van der Waals surface area contributed by atoms with E-state index in [2.05, 4.69) is 26.6 Å². The van der Waals surface area contributed by atoms with Gasteiger partial charge < -0.3 is 10.4 Å². The molecule has 0 radical (unpaired) electrons. The van der Waals surface area contributed by atoms with E-state index in [1.807, 2.05) is 0 Å². The normalized spacial score (nSPS) is 15.7. The quantitative estimate of drug-likeness (QED) is 0.659. The van der Waals surface area contributed by atoms with Crippen molar-refractivity contribution in [2.75, 3.05) is 0 Å². The van der Waals surface area contributed by atoms with Crippen LogP contribution in [0.2, 0.25) is 0 Å². The zero-order chi connectivity index (χ0) is 16.9. The number of aromatic nitrogens is 2. The van der Waals surface area contributed by atoms with Crippen molar-refractivity contribution in [1.82, 2.24) is 15.1 Å². The van der Waals surface area contributed by atoms with E-state index in [9.17, 15) is 14.7 Å². The first-order valence-electron chi connectivity index (χ1n) is 7.32. The summed E-state index contributed by atoms with van der Waals surface area (Å²) in [5.41, 5.74) is 0.195. The van der Waals surface area contributed by atoms with Gasteiger partial charge in [0.25, 0.3) is 0 Å². The summed E-state index contributed by atoms with van der Waals surface area (Å²) in [6.07, 6.45) is 8.74. The van der Waals surface area contributed by atoms with Crippen LogP contribution in [0.5, 0.6) is 0 Å². The molecule has 0 spiro atoms. The fourth-order valence-electron chi connectivity index (χ4n) is 2.26. The molecule has 23 heavy (non-hydrogen) atoms. The minimum absolute atomic E-state index is 0.159. The van der Waals surface area contributed by atoms with Gasteiger partial charge >= 0.3 is 5.97 Å². The molecule has 0 fully saturated rings. The van der Waals surface area contributed by atoms with Gasteiger partial charge in [-0.15, -0.1) is 12.3 Å². The molecule has 0 bridgehead atoms. The SMILES string of the molecule is C#CCCC1(CCC(=O)NC(Cc2ccnn2C)C(=O)O)N=N1. The van der Waals surface area contributed by atoms with Gasteiger partial charge in [0.15, 0.2) is 5.66 Å². The smallest absolute Gasteiger partial charge is 0.326 e. The fourth-order valence-corrected chi connectivity index (χ4v) is 2.26. The molecule has 2 rings (SSSR count). The number of rotatable bonds is 9. The average Bonchev–Trinajstić information content (AvgIpc) is 3.18. The Labute approximate surface area is 134 Å². The number of carboxylic acids is 1. The number of hydrogen-bond acceptors (Lipinski definition) is 5. The number of aliphatic carboxylic acids is 1. The maximum Gasteiger partial charge on any atom is 0.326 e. The summed E-state index contributed by atoms with van der Waals surface area (Å²) in [5, 5.41) is 23.7. The van der Waals surface area contributed by atoms with E-state index in [4.69, 9.17) is 6.42 Å². The predicted molar refractivity (Wildman–Crippen MR) is 81.4 cm³/mol. The maximum absolute atomic E-state index is 12.0. The van der Waals surface area contributed by atoms with E-state index in [0.717, 1.165) is 5.69 Å². The van der Waals surface area contributed by atoms with Gasteiger partial charge in [0.2, 0.25) is 5.91 Å². The molecule has 122 valence electrons. The molecule has 1 aromatic heterocycles. The molecule has 1 unspecified atom stereocenters. The number of aryl methyl sites for hydroxylation is 1. The van der Waals surface area contributed by atoms with Crippen LogP contribution >= 0.6 is 0 Å². The number of carbonyl (C=O) groups is 2. The molecule has 1 aliphatic heterocycles. The van der Waals surface area contributed by atoms with Crippen LogP contribution in [0.15, 0.2) is 22.5 Å². The number of terminal acetylenes is 1. The Kier molecular flexibility index (Phi) is 5.11. The number of carboxylic acid groups (broad SMARTS) is 1. The molecule has 1 atom stereocenters. The van der Waals surface area contributed by atoms with Crippen molar-refractivity contribution in [2.45, 2.75) is 43.8 Å². The van der Waals surface area contributed by atoms with Crippen molar-refractivity contribution in [1.29, 1.82) is 0 Å². The first-order valence-corrected chi connectivity index (χ1v) is 7.32. The molecule has 0 saturated heterocycles. The first-order chi connectivity index (χ1) is 11.0. The highest BCUT2D eigenvalue weighted by Crippen LogP contribution is 2.37. The third-order valence-electron chi connectivity index (χ3n) is 3.77. The van der Waals surface area contributed by atoms with Gasteiger partial charge in [-0.1, -0.05) is 0 Å². The zero-order valence-corrected chi connectivity index (χ0v) is 12.9. The predicted octanol–water partition coefficient (Wildman–Crippen LogP) is 0.888. The van der Waals surface area contributed by atoms with Crippen LogP contribution in [-0.2, 0) is 23.1 Å². The lowest BCUT2D eigenvalue weighted by atomic mass is 10.0. The summed E-state index contributed by atoms with van der Waals surface area (Å²) in [6, 6.07) is 0.728. The molecule has 0 saturated carbocycles. The lowest BCUT2D eigenvalue weighted by Crippen LogP contribution is -2.42. The van der Waals surface area contributed by atoms with Gasteiger partial charge in [-0.2, -0.15) is 15.3 Å². The molecule has 2 N–H and O–H groups in total. The Morgan fingerprint density at radius 3 is 2.74 bits per heavy atom. The van der Waals surface area contributed by atoms with Crippen molar-refractivity contribution in [2.24, 2.45) is 17.3 Å². The molecule has 8 heteroatoms. The van der Waals surface area contributed by atoms with Gasteiger partial charge in [0.05, 0.1) is 0 Å². The third-order valence-corrected chi connectivity index (χ3v) is 3.77. The Balaban J connectivity index is 1.83. The van der Waals surface area contributed by atoms with Crippen molar-refractivity contribution < 1.29 is 14.7 Å². The van der Waals surface area contributed by atoms with Crippen molar-refractivity contribution in [3.8, 4) is 12.3 Å². The molecular formula is C15H19N5O3. The fraction of sp³-hybridized carbons (Fsp3) is 0.533. The minimum Gasteiger partial charge on any atom is -0.480 e. The van der Waals surface area contributed by atoms with Gasteiger partial charge in [-0.3, -0.25) is 9.48 Å². The number of amides is 1. The number of nitrogens with one attached hydrogen (secondary N) is 1. The highest BCUT2D eigenvalue weighted by molar-refractivity contribution is 5.83. The van der Waals surface area contributed by atoms with E-state index in [1.165, 1.54) is 0 Å². The Hall–Kier alpha value is -2.69. The molecular weight excluding hydrogens is 298 g/mol. The summed E-state index contributed by atoms with van der Waals surface area (Å²) < 4.78 is 1.58. The first kappa shape index (κ1) is 16.7. The average molecular weight is 317 g/mol. The number of nitrogens with zero attached hydrogens (tertiary/aromatic N) is 4. The second-order valence-corrected chi connectivity index (χ2v) is 5.50. The van der Waals surface area contributed by atoms with Crippen LogP contribution in [-0.4, -0.2) is 38.5 Å². The topological polar surface area (TPSA) is 109 Å². The molecule has 0 aliphatic carbocycles. The summed E-state index contributed by atoms with van der Waals surface area (Å²) in [4.78, 5) is 23.3. The van der Waals surface area contributed by atoms with Crippen molar-refractivity contribution in [3.63, 3.8) is 0 Å². The summed E-state index contributed by atoms with van der Waals surface area (Å²) >= 11 is 0. The largest absolute Gasteiger partial charge is 0.480 e. The second kappa shape index (κ2) is 7.05. The second-order valence-electron chi connectivity index (χ2n) is 5.50. The lowest BCUT2D eigenvalue weighted by Gasteiger charge is -2.15. The van der Waals surface area contributed by atoms with E-state index in [1.54, 1.807) is 24.0 Å². The zero-order valence-electron chi connectivity index (χ0n) is 12.9. The van der Waals surface area contributed by atoms with Gasteiger partial charge in [0.1, 0.15) is 6.04 Å². The lowest BCUT2D eigenvalue weighted by molar-refractivity contribution is -0.141. The summed E-state index contributed by atoms with van der Waals surface area (Å²) in [5.74, 6) is 1.10. The summed E-state index contributed by atoms with van der Waals surface area (Å²) in [6.45, 7) is 0. The molecule has 2 heterocycles. The van der Waals surface area contributed by atoms with Crippen molar-refractivity contribution in [3.05, 3.63) is 18.0 Å². The van der Waals surface area contributed by atoms with E-state index < -0.39 is 17.7 Å². The third kappa shape index (κ3) is 4.64. The number of carbonyl (C=O) groups excluding carboxylic acids is 1. The van der Waals surface area contributed by atoms with Crippen LogP contribution in [0.25, 0.3) is 0 Å². The molecule has 1 amide bonds.